The molecule has 0 radical (unpaired) electrons. The number of hydrogen-bond donors (Lipinski definition) is 1. The van der Waals surface area contributed by atoms with Crippen molar-refractivity contribution < 1.29 is 0 Å². The second-order valence-corrected chi connectivity index (χ2v) is 7.62. The van der Waals surface area contributed by atoms with E-state index < -0.39 is 0 Å². The van der Waals surface area contributed by atoms with E-state index in [2.05, 4.69) is 114 Å². The summed E-state index contributed by atoms with van der Waals surface area (Å²) in [6.45, 7) is 21.0. The standard InChI is InChI=1S/C25H31NS.C2H6/c1-8-21-11-10-12-22(15-21)25(9-2)26(20(7)27)23-14-13-18(5)24(16-23)19(6)17(3)4;1-2/h9-16,27H,7-8H2,1-6H3;1-2H3/b25-9-;. The topological polar surface area (TPSA) is 3.24 Å². The van der Waals surface area contributed by atoms with Crippen LogP contribution in [0.4, 0.5) is 5.69 Å². The van der Waals surface area contributed by atoms with Gasteiger partial charge in [0.25, 0.3) is 0 Å². The van der Waals surface area contributed by atoms with Gasteiger partial charge < -0.3 is 4.90 Å². The van der Waals surface area contributed by atoms with Crippen molar-refractivity contribution in [1.82, 2.24) is 0 Å². The summed E-state index contributed by atoms with van der Waals surface area (Å²) in [6, 6.07) is 15.2. The highest BCUT2D eigenvalue weighted by molar-refractivity contribution is 7.84. The van der Waals surface area contributed by atoms with Crippen LogP contribution in [0, 0.1) is 6.92 Å². The van der Waals surface area contributed by atoms with Crippen molar-refractivity contribution in [2.75, 3.05) is 4.90 Å². The van der Waals surface area contributed by atoms with Crippen LogP contribution in [0.1, 0.15) is 70.7 Å². The Bertz CT molecular complexity index is 899. The minimum atomic E-state index is 0.703. The van der Waals surface area contributed by atoms with Gasteiger partial charge in [-0.05, 0) is 87.1 Å². The van der Waals surface area contributed by atoms with Crippen molar-refractivity contribution in [2.45, 2.75) is 61.8 Å². The molecule has 0 unspecified atom stereocenters. The summed E-state index contributed by atoms with van der Waals surface area (Å²) in [5.74, 6) is 0. The van der Waals surface area contributed by atoms with E-state index in [1.54, 1.807) is 0 Å². The first-order valence-corrected chi connectivity index (χ1v) is 10.9. The Balaban J connectivity index is 0.00000204. The molecule has 0 amide bonds. The van der Waals surface area contributed by atoms with Crippen molar-refractivity contribution in [3.8, 4) is 0 Å². The van der Waals surface area contributed by atoms with Gasteiger partial charge in [0.15, 0.2) is 0 Å². The van der Waals surface area contributed by atoms with Crippen LogP contribution in [-0.4, -0.2) is 0 Å². The molecule has 29 heavy (non-hydrogen) atoms. The zero-order chi connectivity index (χ0) is 22.1. The molecule has 0 N–H and O–H groups in total. The number of nitrogens with zero attached hydrogens (tertiary/aromatic N) is 1. The Kier molecular flexibility index (Phi) is 10.0. The zero-order valence-corrected chi connectivity index (χ0v) is 20.3. The average molecular weight is 408 g/mol. The molecule has 2 rings (SSSR count). The van der Waals surface area contributed by atoms with Crippen LogP contribution in [0.3, 0.4) is 0 Å². The van der Waals surface area contributed by atoms with Gasteiger partial charge in [0.2, 0.25) is 0 Å². The summed E-state index contributed by atoms with van der Waals surface area (Å²) >= 11 is 4.63. The first-order chi connectivity index (χ1) is 13.8. The SMILES string of the molecule is C=C(S)N(/C(=C\C)c1cccc(CC)c1)c1ccc(C)c(C(C)=C(C)C)c1.CC. The molecule has 0 saturated heterocycles. The number of thiol groups is 1. The van der Waals surface area contributed by atoms with E-state index in [-0.39, 0.29) is 0 Å². The minimum Gasteiger partial charge on any atom is -0.305 e. The van der Waals surface area contributed by atoms with Gasteiger partial charge in [-0.3, -0.25) is 0 Å². The Labute approximate surface area is 184 Å². The van der Waals surface area contributed by atoms with E-state index in [9.17, 15) is 0 Å². The molecule has 0 aliphatic carbocycles. The number of benzene rings is 2. The molecule has 0 aromatic heterocycles. The number of rotatable bonds is 6. The van der Waals surface area contributed by atoms with Crippen LogP contribution in [0.2, 0.25) is 0 Å². The highest BCUT2D eigenvalue weighted by Crippen LogP contribution is 2.34. The maximum absolute atomic E-state index is 4.63. The molecule has 1 nitrogen and oxygen atoms in total. The van der Waals surface area contributed by atoms with Crippen LogP contribution >= 0.6 is 12.6 Å². The number of hydrogen-bond acceptors (Lipinski definition) is 2. The third-order valence-corrected chi connectivity index (χ3v) is 5.24. The molecule has 156 valence electrons. The molecule has 0 bridgehead atoms. The molecule has 0 aliphatic heterocycles. The lowest BCUT2D eigenvalue weighted by Crippen LogP contribution is -2.18. The molecule has 2 aromatic carbocycles. The lowest BCUT2D eigenvalue weighted by Gasteiger charge is -2.28. The predicted molar refractivity (Wildman–Crippen MR) is 137 cm³/mol. The van der Waals surface area contributed by atoms with Crippen LogP contribution < -0.4 is 4.90 Å². The monoisotopic (exact) mass is 407 g/mol. The smallest absolute Gasteiger partial charge is 0.0694 e. The van der Waals surface area contributed by atoms with E-state index >= 15 is 0 Å². The largest absolute Gasteiger partial charge is 0.305 e. The Morgan fingerprint density at radius 3 is 2.24 bits per heavy atom. The third-order valence-electron chi connectivity index (χ3n) is 5.04. The van der Waals surface area contributed by atoms with E-state index in [0.717, 1.165) is 17.8 Å². The van der Waals surface area contributed by atoms with Crippen molar-refractivity contribution in [3.63, 3.8) is 0 Å². The molecule has 0 spiro atoms. The fourth-order valence-electron chi connectivity index (χ4n) is 3.23. The molecule has 0 saturated carbocycles. The van der Waals surface area contributed by atoms with Crippen LogP contribution in [0.25, 0.3) is 11.3 Å². The fourth-order valence-corrected chi connectivity index (χ4v) is 3.45. The molecule has 0 heterocycles. The van der Waals surface area contributed by atoms with E-state index in [1.807, 2.05) is 13.8 Å². The maximum Gasteiger partial charge on any atom is 0.0694 e. The maximum atomic E-state index is 4.63. The second-order valence-electron chi connectivity index (χ2n) is 7.10. The van der Waals surface area contributed by atoms with Crippen molar-refractivity contribution >= 4 is 29.6 Å². The van der Waals surface area contributed by atoms with Crippen LogP contribution in [-0.2, 0) is 6.42 Å². The normalized spacial score (nSPS) is 10.7. The van der Waals surface area contributed by atoms with Crippen molar-refractivity contribution in [1.29, 1.82) is 0 Å². The molecular formula is C27H37NS. The van der Waals surface area contributed by atoms with E-state index in [1.165, 1.54) is 33.4 Å². The lowest BCUT2D eigenvalue weighted by atomic mass is 9.97. The van der Waals surface area contributed by atoms with Gasteiger partial charge in [0, 0.05) is 11.4 Å². The van der Waals surface area contributed by atoms with E-state index in [0.29, 0.717) is 5.03 Å². The second kappa shape index (κ2) is 11.7. The summed E-state index contributed by atoms with van der Waals surface area (Å²) in [4.78, 5) is 2.12. The summed E-state index contributed by atoms with van der Waals surface area (Å²) in [5.41, 5.74) is 9.85. The molecule has 0 atom stereocenters. The number of anilines is 1. The first-order valence-electron chi connectivity index (χ1n) is 10.5. The highest BCUT2D eigenvalue weighted by atomic mass is 32.1. The quantitative estimate of drug-likeness (QED) is 0.469. The molecule has 2 heteroatoms. The average Bonchev–Trinajstić information content (AvgIpc) is 2.73. The van der Waals surface area contributed by atoms with Gasteiger partial charge >= 0.3 is 0 Å². The Morgan fingerprint density at radius 2 is 1.72 bits per heavy atom. The summed E-state index contributed by atoms with van der Waals surface area (Å²) in [6.07, 6.45) is 3.14. The zero-order valence-electron chi connectivity index (χ0n) is 19.4. The van der Waals surface area contributed by atoms with Gasteiger partial charge in [-0.2, -0.15) is 0 Å². The number of allylic oxidation sites excluding steroid dienone is 3. The number of aryl methyl sites for hydroxylation is 2. The van der Waals surface area contributed by atoms with Gasteiger partial charge in [0.1, 0.15) is 0 Å². The fraction of sp³-hybridized carbons (Fsp3) is 0.333. The lowest BCUT2D eigenvalue weighted by molar-refractivity contribution is 1.13. The van der Waals surface area contributed by atoms with Gasteiger partial charge in [-0.15, -0.1) is 12.6 Å². The van der Waals surface area contributed by atoms with Crippen molar-refractivity contribution in [2.24, 2.45) is 0 Å². The summed E-state index contributed by atoms with van der Waals surface area (Å²) in [7, 11) is 0. The van der Waals surface area contributed by atoms with Gasteiger partial charge in [-0.25, -0.2) is 0 Å². The first kappa shape index (κ1) is 24.8. The van der Waals surface area contributed by atoms with Crippen molar-refractivity contribution in [3.05, 3.63) is 88.0 Å². The van der Waals surface area contributed by atoms with Gasteiger partial charge in [0.05, 0.1) is 5.03 Å². The minimum absolute atomic E-state index is 0.703. The summed E-state index contributed by atoms with van der Waals surface area (Å²) < 4.78 is 0. The van der Waals surface area contributed by atoms with E-state index in [4.69, 9.17) is 0 Å². The summed E-state index contributed by atoms with van der Waals surface area (Å²) in [5, 5.41) is 0.703. The highest BCUT2D eigenvalue weighted by Gasteiger charge is 2.17. The molecule has 0 aliphatic rings. The van der Waals surface area contributed by atoms with Crippen LogP contribution in [0.15, 0.2) is 65.7 Å². The molecule has 0 fully saturated rings. The molecule has 2 aromatic rings. The third kappa shape index (κ3) is 6.14. The molecular weight excluding hydrogens is 370 g/mol. The Morgan fingerprint density at radius 1 is 1.07 bits per heavy atom. The predicted octanol–water partition coefficient (Wildman–Crippen LogP) is 8.67. The Hall–Kier alpha value is -2.19. The van der Waals surface area contributed by atoms with Crippen LogP contribution in [0.5, 0.6) is 0 Å². The van der Waals surface area contributed by atoms with Gasteiger partial charge in [-0.1, -0.05) is 63.3 Å².